The van der Waals surface area contributed by atoms with E-state index in [2.05, 4.69) is 13.2 Å². The summed E-state index contributed by atoms with van der Waals surface area (Å²) in [6, 6.07) is 0. The first-order valence-corrected chi connectivity index (χ1v) is 5.62. The summed E-state index contributed by atoms with van der Waals surface area (Å²) in [7, 11) is 0. The average molecular weight is 256 g/mol. The number of ketones is 1. The molecule has 0 fully saturated rings. The van der Waals surface area contributed by atoms with E-state index in [4.69, 9.17) is 5.11 Å². The first-order chi connectivity index (χ1) is 8.10. The second-order valence-corrected chi connectivity index (χ2v) is 4.60. The highest BCUT2D eigenvalue weighted by molar-refractivity contribution is 6.00. The maximum absolute atomic E-state index is 11.8. The molecule has 0 aromatic rings. The summed E-state index contributed by atoms with van der Waals surface area (Å²) >= 11 is 0. The third-order valence-corrected chi connectivity index (χ3v) is 2.59. The van der Waals surface area contributed by atoms with Gasteiger partial charge in [-0.15, -0.1) is 0 Å². The second-order valence-electron chi connectivity index (χ2n) is 4.60. The lowest BCUT2D eigenvalue weighted by Gasteiger charge is -2.28. The largest absolute Gasteiger partial charge is 0.478 e. The molecule has 0 aromatic carbocycles. The van der Waals surface area contributed by atoms with Crippen LogP contribution in [0.25, 0.3) is 0 Å². The van der Waals surface area contributed by atoms with Crippen molar-refractivity contribution in [1.82, 2.24) is 0 Å². The number of rotatable bonds is 8. The molecule has 3 N–H and O–H groups in total. The Kier molecular flexibility index (Phi) is 5.94. The lowest BCUT2D eigenvalue weighted by molar-refractivity contribution is -0.138. The van der Waals surface area contributed by atoms with Crippen molar-refractivity contribution >= 4 is 11.8 Å². The van der Waals surface area contributed by atoms with Gasteiger partial charge in [-0.05, 0) is 32.3 Å². The molecule has 2 unspecified atom stereocenters. The number of aliphatic carboxylic acids is 1. The van der Waals surface area contributed by atoms with Gasteiger partial charge in [0.1, 0.15) is 5.60 Å². The van der Waals surface area contributed by atoms with Crippen molar-refractivity contribution in [2.45, 2.75) is 44.8 Å². The SMILES string of the molecule is C=C(C)C(=O)C(O)(CCC(=C)C(=O)O)CC(C)O. The topological polar surface area (TPSA) is 94.8 Å². The first kappa shape index (κ1) is 16.5. The molecule has 0 radical (unpaired) electrons. The van der Waals surface area contributed by atoms with Crippen LogP contribution in [0.2, 0.25) is 0 Å². The van der Waals surface area contributed by atoms with Crippen LogP contribution in [-0.4, -0.2) is 38.8 Å². The van der Waals surface area contributed by atoms with Gasteiger partial charge in [-0.1, -0.05) is 13.2 Å². The Bertz CT molecular complexity index is 370. The first-order valence-electron chi connectivity index (χ1n) is 5.62. The van der Waals surface area contributed by atoms with E-state index in [0.29, 0.717) is 0 Å². The Balaban J connectivity index is 4.89. The van der Waals surface area contributed by atoms with Gasteiger partial charge in [-0.2, -0.15) is 0 Å². The fourth-order valence-corrected chi connectivity index (χ4v) is 1.66. The number of carboxylic acid groups (broad SMARTS) is 1. The molecule has 102 valence electrons. The van der Waals surface area contributed by atoms with Crippen molar-refractivity contribution in [3.05, 3.63) is 24.3 Å². The van der Waals surface area contributed by atoms with Gasteiger partial charge in [-0.3, -0.25) is 4.79 Å². The van der Waals surface area contributed by atoms with E-state index in [1.807, 2.05) is 0 Å². The Morgan fingerprint density at radius 3 is 2.17 bits per heavy atom. The van der Waals surface area contributed by atoms with Gasteiger partial charge < -0.3 is 15.3 Å². The molecule has 0 aromatic heterocycles. The maximum atomic E-state index is 11.8. The van der Waals surface area contributed by atoms with Crippen molar-refractivity contribution in [3.8, 4) is 0 Å². The number of aliphatic hydroxyl groups excluding tert-OH is 1. The van der Waals surface area contributed by atoms with Gasteiger partial charge in [0, 0.05) is 12.0 Å². The molecule has 5 nitrogen and oxygen atoms in total. The van der Waals surface area contributed by atoms with Crippen LogP contribution >= 0.6 is 0 Å². The monoisotopic (exact) mass is 256 g/mol. The zero-order valence-corrected chi connectivity index (χ0v) is 10.8. The molecule has 0 bridgehead atoms. The summed E-state index contributed by atoms with van der Waals surface area (Å²) in [5.74, 6) is -1.75. The Morgan fingerprint density at radius 2 is 1.83 bits per heavy atom. The van der Waals surface area contributed by atoms with E-state index < -0.39 is 23.5 Å². The predicted octanol–water partition coefficient (Wildman–Crippen LogP) is 1.05. The highest BCUT2D eigenvalue weighted by atomic mass is 16.4. The lowest BCUT2D eigenvalue weighted by atomic mass is 9.83. The molecule has 0 rings (SSSR count). The molecule has 0 amide bonds. The molecule has 0 aliphatic rings. The molecule has 5 heteroatoms. The van der Waals surface area contributed by atoms with Crippen LogP contribution in [0.15, 0.2) is 24.3 Å². The van der Waals surface area contributed by atoms with Gasteiger partial charge in [0.05, 0.1) is 6.10 Å². The Labute approximate surface area is 106 Å². The van der Waals surface area contributed by atoms with Crippen LogP contribution in [0, 0.1) is 0 Å². The molecule has 0 saturated heterocycles. The molecule has 2 atom stereocenters. The summed E-state index contributed by atoms with van der Waals surface area (Å²) in [5, 5.41) is 28.2. The summed E-state index contributed by atoms with van der Waals surface area (Å²) in [5.41, 5.74) is -1.72. The highest BCUT2D eigenvalue weighted by Gasteiger charge is 2.37. The molecular weight excluding hydrogens is 236 g/mol. The van der Waals surface area contributed by atoms with E-state index in [1.54, 1.807) is 0 Å². The van der Waals surface area contributed by atoms with Crippen LogP contribution in [0.4, 0.5) is 0 Å². The number of aliphatic hydroxyl groups is 2. The minimum absolute atomic E-state index is 0.0302. The highest BCUT2D eigenvalue weighted by Crippen LogP contribution is 2.25. The van der Waals surface area contributed by atoms with E-state index in [1.165, 1.54) is 13.8 Å². The third kappa shape index (κ3) is 4.81. The van der Waals surface area contributed by atoms with Gasteiger partial charge in [0.15, 0.2) is 5.78 Å². The van der Waals surface area contributed by atoms with Crippen LogP contribution < -0.4 is 0 Å². The van der Waals surface area contributed by atoms with E-state index in [9.17, 15) is 19.8 Å². The number of Topliss-reactive ketones (excluding diaryl/α,β-unsaturated/α-hetero) is 1. The lowest BCUT2D eigenvalue weighted by Crippen LogP contribution is -2.42. The maximum Gasteiger partial charge on any atom is 0.330 e. The van der Waals surface area contributed by atoms with Crippen LogP contribution in [0.5, 0.6) is 0 Å². The van der Waals surface area contributed by atoms with E-state index in [-0.39, 0.29) is 30.4 Å². The van der Waals surface area contributed by atoms with Crippen molar-refractivity contribution in [1.29, 1.82) is 0 Å². The number of carboxylic acids is 1. The zero-order valence-electron chi connectivity index (χ0n) is 10.8. The molecular formula is C13H20O5. The summed E-state index contributed by atoms with van der Waals surface area (Å²) in [6.07, 6.45) is -1.17. The van der Waals surface area contributed by atoms with Crippen molar-refractivity contribution in [2.24, 2.45) is 0 Å². The predicted molar refractivity (Wildman–Crippen MR) is 67.1 cm³/mol. The summed E-state index contributed by atoms with van der Waals surface area (Å²) < 4.78 is 0. The zero-order chi connectivity index (χ0) is 14.5. The number of carbonyl (C=O) groups is 2. The van der Waals surface area contributed by atoms with E-state index in [0.717, 1.165) is 0 Å². The second kappa shape index (κ2) is 6.47. The quantitative estimate of drug-likeness (QED) is 0.564. The van der Waals surface area contributed by atoms with Crippen molar-refractivity contribution in [2.75, 3.05) is 0 Å². The molecule has 0 spiro atoms. The van der Waals surface area contributed by atoms with Crippen LogP contribution in [0.3, 0.4) is 0 Å². The Hall–Kier alpha value is -1.46. The molecule has 0 aliphatic heterocycles. The average Bonchev–Trinajstić information content (AvgIpc) is 2.23. The molecule has 0 saturated carbocycles. The normalized spacial score (nSPS) is 15.6. The number of hydrogen-bond donors (Lipinski definition) is 3. The molecule has 0 heterocycles. The molecule has 0 aliphatic carbocycles. The number of hydrogen-bond acceptors (Lipinski definition) is 4. The minimum atomic E-state index is -1.79. The van der Waals surface area contributed by atoms with Crippen molar-refractivity contribution < 1.29 is 24.9 Å². The standard InChI is InChI=1S/C13H20O5/c1-8(2)11(15)13(18,7-10(4)14)6-5-9(3)12(16)17/h10,14,18H,1,3,5-7H2,2,4H3,(H,16,17). The van der Waals surface area contributed by atoms with Crippen LogP contribution in [-0.2, 0) is 9.59 Å². The summed E-state index contributed by atoms with van der Waals surface area (Å²) in [6.45, 7) is 9.70. The van der Waals surface area contributed by atoms with Crippen LogP contribution in [0.1, 0.15) is 33.1 Å². The summed E-state index contributed by atoms with van der Waals surface area (Å²) in [4.78, 5) is 22.5. The van der Waals surface area contributed by atoms with Crippen molar-refractivity contribution in [3.63, 3.8) is 0 Å². The van der Waals surface area contributed by atoms with Gasteiger partial charge in [0.2, 0.25) is 0 Å². The molecule has 18 heavy (non-hydrogen) atoms. The Morgan fingerprint density at radius 1 is 1.33 bits per heavy atom. The fraction of sp³-hybridized carbons (Fsp3) is 0.538. The van der Waals surface area contributed by atoms with Gasteiger partial charge in [-0.25, -0.2) is 4.79 Å². The number of carbonyl (C=O) groups excluding carboxylic acids is 1. The van der Waals surface area contributed by atoms with E-state index >= 15 is 0 Å². The fourth-order valence-electron chi connectivity index (χ4n) is 1.66. The minimum Gasteiger partial charge on any atom is -0.478 e. The third-order valence-electron chi connectivity index (χ3n) is 2.59. The van der Waals surface area contributed by atoms with Gasteiger partial charge >= 0.3 is 5.97 Å². The van der Waals surface area contributed by atoms with Gasteiger partial charge in [0.25, 0.3) is 0 Å². The smallest absolute Gasteiger partial charge is 0.330 e.